The van der Waals surface area contributed by atoms with Crippen molar-refractivity contribution in [3.63, 3.8) is 0 Å². The van der Waals surface area contributed by atoms with Crippen LogP contribution in [0, 0.1) is 5.92 Å². The molecule has 1 aromatic carbocycles. The third-order valence-corrected chi connectivity index (χ3v) is 5.74. The van der Waals surface area contributed by atoms with Crippen molar-refractivity contribution in [1.29, 1.82) is 0 Å². The summed E-state index contributed by atoms with van der Waals surface area (Å²) in [6, 6.07) is 13.5. The Morgan fingerprint density at radius 1 is 1.00 bits per heavy atom. The first kappa shape index (κ1) is 21.8. The maximum atomic E-state index is 12.8. The fourth-order valence-electron chi connectivity index (χ4n) is 3.50. The van der Waals surface area contributed by atoms with Crippen LogP contribution in [0.4, 0.5) is 11.5 Å². The van der Waals surface area contributed by atoms with E-state index in [2.05, 4.69) is 31.5 Å². The first-order valence-corrected chi connectivity index (χ1v) is 11.0. The molecule has 2 N–H and O–H groups in total. The lowest BCUT2D eigenvalue weighted by molar-refractivity contribution is -0.121. The smallest absolute Gasteiger partial charge is 0.291 e. The molecule has 164 valence electrons. The van der Waals surface area contributed by atoms with Gasteiger partial charge >= 0.3 is 0 Å². The lowest BCUT2D eigenvalue weighted by atomic mass is 9.95. The minimum Gasteiger partial charge on any atom is -0.459 e. The average Bonchev–Trinajstić information content (AvgIpc) is 3.36. The van der Waals surface area contributed by atoms with Crippen LogP contribution in [0.25, 0.3) is 0 Å². The Kier molecular flexibility index (Phi) is 6.65. The number of nitrogens with one attached hydrogen (secondary N) is 2. The number of anilines is 2. The third-order valence-electron chi connectivity index (χ3n) is 5.27. The highest BCUT2D eigenvalue weighted by Crippen LogP contribution is 2.22. The van der Waals surface area contributed by atoms with Crippen molar-refractivity contribution in [2.45, 2.75) is 12.8 Å². The van der Waals surface area contributed by atoms with Crippen LogP contribution < -0.4 is 10.6 Å². The van der Waals surface area contributed by atoms with E-state index in [0.29, 0.717) is 43.0 Å². The van der Waals surface area contributed by atoms with E-state index in [0.717, 1.165) is 4.47 Å². The van der Waals surface area contributed by atoms with Gasteiger partial charge < -0.3 is 20.0 Å². The number of piperidine rings is 1. The van der Waals surface area contributed by atoms with Crippen molar-refractivity contribution in [3.05, 3.63) is 76.8 Å². The van der Waals surface area contributed by atoms with Gasteiger partial charge in [-0.15, -0.1) is 0 Å². The number of hydrogen-bond donors (Lipinski definition) is 2. The second-order valence-corrected chi connectivity index (χ2v) is 8.34. The Labute approximate surface area is 193 Å². The number of likely N-dealkylation sites (tertiary alicyclic amines) is 1. The van der Waals surface area contributed by atoms with E-state index in [1.807, 2.05) is 6.07 Å². The predicted octanol–water partition coefficient (Wildman–Crippen LogP) is 4.18. The standard InChI is InChI=1S/C23H21BrN4O4/c24-17-5-8-20(25-14-17)27-21(29)15-9-11-28(12-10-15)23(31)16-3-6-18(7-4-16)26-22(30)19-2-1-13-32-19/h1-8,13-15H,9-12H2,(H,26,30)(H,25,27,29). The first-order chi connectivity index (χ1) is 15.5. The SMILES string of the molecule is O=C(Nc1ccc(C(=O)N2CCC(C(=O)Nc3ccc(Br)cn3)CC2)cc1)c1ccco1. The van der Waals surface area contributed by atoms with Gasteiger partial charge in [0.1, 0.15) is 5.82 Å². The van der Waals surface area contributed by atoms with Crippen LogP contribution in [-0.4, -0.2) is 40.7 Å². The average molecular weight is 497 g/mol. The Morgan fingerprint density at radius 3 is 2.38 bits per heavy atom. The molecule has 0 spiro atoms. The summed E-state index contributed by atoms with van der Waals surface area (Å²) >= 11 is 3.32. The molecule has 3 heterocycles. The van der Waals surface area contributed by atoms with Crippen LogP contribution in [0.3, 0.4) is 0 Å². The van der Waals surface area contributed by atoms with Crippen LogP contribution in [0.15, 0.2) is 69.9 Å². The first-order valence-electron chi connectivity index (χ1n) is 10.2. The molecule has 3 amide bonds. The molecule has 4 rings (SSSR count). The van der Waals surface area contributed by atoms with Crippen molar-refractivity contribution in [2.24, 2.45) is 5.92 Å². The summed E-state index contributed by atoms with van der Waals surface area (Å²) in [6.07, 6.45) is 4.24. The summed E-state index contributed by atoms with van der Waals surface area (Å²) < 4.78 is 5.91. The summed E-state index contributed by atoms with van der Waals surface area (Å²) in [7, 11) is 0. The number of furan rings is 1. The predicted molar refractivity (Wildman–Crippen MR) is 122 cm³/mol. The quantitative estimate of drug-likeness (QED) is 0.551. The van der Waals surface area contributed by atoms with Gasteiger partial charge in [-0.25, -0.2) is 4.98 Å². The fraction of sp³-hybridized carbons (Fsp3) is 0.217. The number of benzene rings is 1. The molecule has 1 saturated heterocycles. The van der Waals surface area contributed by atoms with E-state index in [-0.39, 0.29) is 29.4 Å². The van der Waals surface area contributed by atoms with E-state index in [1.165, 1.54) is 6.26 Å². The molecule has 1 aliphatic heterocycles. The second-order valence-electron chi connectivity index (χ2n) is 7.43. The molecule has 0 atom stereocenters. The molecule has 0 bridgehead atoms. The number of amides is 3. The van der Waals surface area contributed by atoms with Crippen LogP contribution in [0.5, 0.6) is 0 Å². The van der Waals surface area contributed by atoms with E-state index in [4.69, 9.17) is 4.42 Å². The van der Waals surface area contributed by atoms with Crippen molar-refractivity contribution in [1.82, 2.24) is 9.88 Å². The topological polar surface area (TPSA) is 105 Å². The largest absolute Gasteiger partial charge is 0.459 e. The zero-order chi connectivity index (χ0) is 22.5. The number of nitrogens with zero attached hydrogens (tertiary/aromatic N) is 2. The molecule has 9 heteroatoms. The number of carbonyl (C=O) groups is 3. The monoisotopic (exact) mass is 496 g/mol. The molecular weight excluding hydrogens is 476 g/mol. The number of hydrogen-bond acceptors (Lipinski definition) is 5. The van der Waals surface area contributed by atoms with Gasteiger partial charge in [0, 0.05) is 40.9 Å². The number of pyridine rings is 1. The molecule has 3 aromatic rings. The molecule has 0 aliphatic carbocycles. The van der Waals surface area contributed by atoms with Crippen LogP contribution >= 0.6 is 15.9 Å². The second kappa shape index (κ2) is 9.78. The lowest BCUT2D eigenvalue weighted by Gasteiger charge is -2.31. The molecule has 8 nitrogen and oxygen atoms in total. The Hall–Kier alpha value is -3.46. The van der Waals surface area contributed by atoms with Gasteiger partial charge in [0.05, 0.1) is 6.26 Å². The third kappa shape index (κ3) is 5.23. The number of carbonyl (C=O) groups excluding carboxylic acids is 3. The minimum absolute atomic E-state index is 0.0800. The minimum atomic E-state index is -0.354. The van der Waals surface area contributed by atoms with Gasteiger partial charge in [0.25, 0.3) is 11.8 Å². The van der Waals surface area contributed by atoms with E-state index in [9.17, 15) is 14.4 Å². The van der Waals surface area contributed by atoms with Crippen molar-refractivity contribution >= 4 is 45.2 Å². The molecule has 1 fully saturated rings. The van der Waals surface area contributed by atoms with Crippen molar-refractivity contribution in [2.75, 3.05) is 23.7 Å². The van der Waals surface area contributed by atoms with Gasteiger partial charge in [-0.2, -0.15) is 0 Å². The highest BCUT2D eigenvalue weighted by molar-refractivity contribution is 9.10. The van der Waals surface area contributed by atoms with Crippen molar-refractivity contribution in [3.8, 4) is 0 Å². The highest BCUT2D eigenvalue weighted by Gasteiger charge is 2.28. The fourth-order valence-corrected chi connectivity index (χ4v) is 3.74. The number of aromatic nitrogens is 1. The molecule has 0 radical (unpaired) electrons. The summed E-state index contributed by atoms with van der Waals surface area (Å²) in [6.45, 7) is 1.00. The van der Waals surface area contributed by atoms with E-state index >= 15 is 0 Å². The molecular formula is C23H21BrN4O4. The van der Waals surface area contributed by atoms with Gasteiger partial charge in [-0.3, -0.25) is 14.4 Å². The van der Waals surface area contributed by atoms with Gasteiger partial charge in [-0.1, -0.05) is 0 Å². The molecule has 32 heavy (non-hydrogen) atoms. The normalized spacial score (nSPS) is 14.1. The molecule has 2 aromatic heterocycles. The lowest BCUT2D eigenvalue weighted by Crippen LogP contribution is -2.41. The van der Waals surface area contributed by atoms with Crippen LogP contribution in [0.1, 0.15) is 33.8 Å². The number of halogens is 1. The zero-order valence-electron chi connectivity index (χ0n) is 17.1. The highest BCUT2D eigenvalue weighted by atomic mass is 79.9. The maximum Gasteiger partial charge on any atom is 0.291 e. The van der Waals surface area contributed by atoms with Gasteiger partial charge in [-0.05, 0) is 77.3 Å². The Balaban J connectivity index is 1.28. The van der Waals surface area contributed by atoms with E-state index in [1.54, 1.807) is 53.6 Å². The Bertz CT molecular complexity index is 1090. The zero-order valence-corrected chi connectivity index (χ0v) is 18.7. The van der Waals surface area contributed by atoms with Gasteiger partial charge in [0.2, 0.25) is 5.91 Å². The molecule has 1 aliphatic rings. The van der Waals surface area contributed by atoms with E-state index < -0.39 is 0 Å². The maximum absolute atomic E-state index is 12.8. The van der Waals surface area contributed by atoms with Gasteiger partial charge in [0.15, 0.2) is 5.76 Å². The number of rotatable bonds is 5. The van der Waals surface area contributed by atoms with Crippen LogP contribution in [0.2, 0.25) is 0 Å². The summed E-state index contributed by atoms with van der Waals surface area (Å²) in [5, 5.41) is 5.55. The summed E-state index contributed by atoms with van der Waals surface area (Å²) in [5.41, 5.74) is 1.10. The van der Waals surface area contributed by atoms with Crippen molar-refractivity contribution < 1.29 is 18.8 Å². The summed E-state index contributed by atoms with van der Waals surface area (Å²) in [5.74, 6) is 0.0336. The van der Waals surface area contributed by atoms with Crippen LogP contribution in [-0.2, 0) is 4.79 Å². The summed E-state index contributed by atoms with van der Waals surface area (Å²) in [4.78, 5) is 43.3. The molecule has 0 saturated carbocycles. The Morgan fingerprint density at radius 2 is 1.75 bits per heavy atom. The molecule has 0 unspecified atom stereocenters.